The first-order valence-electron chi connectivity index (χ1n) is 31.0. The maximum atomic E-state index is 2.81. The predicted octanol–water partition coefficient (Wildman–Crippen LogP) is 18.2. The lowest BCUT2D eigenvalue weighted by Crippen LogP contribution is -2.61. The first-order chi connectivity index (χ1) is 38.2. The van der Waals surface area contributed by atoms with E-state index in [1.54, 1.807) is 11.1 Å². The number of rotatable bonds is 1. The van der Waals surface area contributed by atoms with Crippen LogP contribution in [0.1, 0.15) is 218 Å². The Balaban J connectivity index is 1.04. The van der Waals surface area contributed by atoms with Crippen molar-refractivity contribution in [2.45, 2.75) is 187 Å². The Morgan fingerprint density at radius 2 is 1.10 bits per heavy atom. The molecule has 0 spiro atoms. The van der Waals surface area contributed by atoms with Gasteiger partial charge in [-0.2, -0.15) is 0 Å². The van der Waals surface area contributed by atoms with Crippen molar-refractivity contribution < 1.29 is 0 Å². The van der Waals surface area contributed by atoms with Gasteiger partial charge in [-0.15, -0.1) is 0 Å². The Hall–Kier alpha value is -6.58. The zero-order valence-electron chi connectivity index (χ0n) is 51.3. The Morgan fingerprint density at radius 3 is 1.84 bits per heavy atom. The molecule has 0 aromatic heterocycles. The van der Waals surface area contributed by atoms with E-state index in [0.717, 1.165) is 6.42 Å². The molecule has 3 heterocycles. The van der Waals surface area contributed by atoms with Gasteiger partial charge in [-0.3, -0.25) is 0 Å². The molecule has 4 atom stereocenters. The highest BCUT2D eigenvalue weighted by Crippen LogP contribution is 2.69. The van der Waals surface area contributed by atoms with Gasteiger partial charge in [0.15, 0.2) is 0 Å². The van der Waals surface area contributed by atoms with Gasteiger partial charge in [-0.05, 0) is 221 Å². The van der Waals surface area contributed by atoms with Gasteiger partial charge < -0.3 is 9.80 Å². The molecule has 5 aliphatic carbocycles. The van der Waals surface area contributed by atoms with Gasteiger partial charge in [0.1, 0.15) is 0 Å². The summed E-state index contributed by atoms with van der Waals surface area (Å²) in [6, 6.07) is 55.6. The maximum absolute atomic E-state index is 2.81. The van der Waals surface area contributed by atoms with Crippen LogP contribution in [0, 0.1) is 19.3 Å². The molecule has 4 unspecified atom stereocenters. The molecular weight excluding hydrogens is 976 g/mol. The lowest BCUT2D eigenvalue weighted by molar-refractivity contribution is 0.0923. The second kappa shape index (κ2) is 15.3. The summed E-state index contributed by atoms with van der Waals surface area (Å²) in [4.78, 5) is 5.52. The summed E-state index contributed by atoms with van der Waals surface area (Å²) in [6.45, 7) is 40.1. The summed E-state index contributed by atoms with van der Waals surface area (Å²) in [7, 11) is 0. The quantitative estimate of drug-likeness (QED) is 0.151. The first kappa shape index (κ1) is 50.2. The molecule has 16 rings (SSSR count). The lowest BCUT2D eigenvalue weighted by Gasteiger charge is -2.49. The van der Waals surface area contributed by atoms with Crippen molar-refractivity contribution in [3.05, 3.63) is 217 Å². The largest absolute Gasteiger partial charge is 0.311 e. The molecule has 8 aliphatic rings. The van der Waals surface area contributed by atoms with Crippen molar-refractivity contribution in [3.8, 4) is 11.1 Å². The summed E-state index contributed by atoms with van der Waals surface area (Å²) < 4.78 is 0. The molecule has 8 aromatic carbocycles. The Morgan fingerprint density at radius 1 is 0.469 bits per heavy atom. The number of aryl methyl sites for hydroxylation is 2. The van der Waals surface area contributed by atoms with E-state index in [0.29, 0.717) is 0 Å². The van der Waals surface area contributed by atoms with Crippen LogP contribution < -0.4 is 26.2 Å². The minimum Gasteiger partial charge on any atom is -0.311 e. The molecule has 3 heteroatoms. The Bertz CT molecular complexity index is 4190. The number of hydrogen-bond acceptors (Lipinski definition) is 2. The van der Waals surface area contributed by atoms with Crippen molar-refractivity contribution in [2.24, 2.45) is 5.41 Å². The van der Waals surface area contributed by atoms with E-state index in [2.05, 4.69) is 254 Å². The monoisotopic (exact) mass is 1060 g/mol. The average molecular weight is 1060 g/mol. The van der Waals surface area contributed by atoms with Crippen LogP contribution in [-0.2, 0) is 37.9 Å². The zero-order chi connectivity index (χ0) is 56.4. The maximum Gasteiger partial charge on any atom is 0.252 e. The molecule has 81 heavy (non-hydrogen) atoms. The third-order valence-corrected chi connectivity index (χ3v) is 23.8. The molecule has 1 saturated carbocycles. The molecule has 0 amide bonds. The molecule has 6 bridgehead atoms. The van der Waals surface area contributed by atoms with E-state index in [1.807, 2.05) is 0 Å². The van der Waals surface area contributed by atoms with Gasteiger partial charge in [0.05, 0.1) is 0 Å². The van der Waals surface area contributed by atoms with Crippen LogP contribution in [-0.4, -0.2) is 6.71 Å². The van der Waals surface area contributed by atoms with Gasteiger partial charge in [0.25, 0.3) is 6.71 Å². The molecule has 8 aromatic rings. The number of anilines is 6. The number of nitrogens with zero attached hydrogens (tertiary/aromatic N) is 2. The van der Waals surface area contributed by atoms with Crippen LogP contribution in [0.2, 0.25) is 0 Å². The highest BCUT2D eigenvalue weighted by molar-refractivity contribution is 7.00. The van der Waals surface area contributed by atoms with Gasteiger partial charge in [-0.1, -0.05) is 194 Å². The molecule has 0 radical (unpaired) electrons. The number of hydrogen-bond donors (Lipinski definition) is 0. The van der Waals surface area contributed by atoms with Crippen LogP contribution in [0.3, 0.4) is 0 Å². The minimum absolute atomic E-state index is 0.0244. The fraction of sp³-hybridized carbons (Fsp3) is 0.385. The summed E-state index contributed by atoms with van der Waals surface area (Å²) >= 11 is 0. The average Bonchev–Trinajstić information content (AvgIpc) is 3.97. The fourth-order valence-corrected chi connectivity index (χ4v) is 19.8. The lowest BCUT2D eigenvalue weighted by atomic mass is 9.33. The van der Waals surface area contributed by atoms with E-state index in [-0.39, 0.29) is 50.5 Å². The smallest absolute Gasteiger partial charge is 0.252 e. The van der Waals surface area contributed by atoms with Crippen LogP contribution in [0.15, 0.2) is 133 Å². The third kappa shape index (κ3) is 6.02. The third-order valence-electron chi connectivity index (χ3n) is 23.8. The van der Waals surface area contributed by atoms with Crippen LogP contribution in [0.5, 0.6) is 0 Å². The van der Waals surface area contributed by atoms with Gasteiger partial charge >= 0.3 is 0 Å². The Labute approximate surface area is 484 Å². The summed E-state index contributed by atoms with van der Waals surface area (Å²) in [6.07, 6.45) is 6.12. The summed E-state index contributed by atoms with van der Waals surface area (Å²) in [5, 5.41) is 0. The molecule has 1 fully saturated rings. The van der Waals surface area contributed by atoms with E-state index in [1.165, 1.54) is 160 Å². The Kier molecular flexibility index (Phi) is 9.51. The van der Waals surface area contributed by atoms with Gasteiger partial charge in [-0.25, -0.2) is 0 Å². The molecule has 2 nitrogen and oxygen atoms in total. The number of benzene rings is 8. The van der Waals surface area contributed by atoms with E-state index in [9.17, 15) is 0 Å². The second-order valence-electron chi connectivity index (χ2n) is 31.0. The van der Waals surface area contributed by atoms with Crippen LogP contribution in [0.4, 0.5) is 34.1 Å². The number of fused-ring (bicyclic) bond motifs is 19. The standard InChI is InChI=1S/C78H81BN2/c1-44-33-67-70-68(34-44)81-64-42-61-59(35-45(64)2)75(12,13)52-25-19-20-26-53(52)78(61,16)60-38-50-55(39-56(60)71(3,4)5)76(14)31-21-22-32-77(76,15)69(50)46-27-30-62(65(81)36-46)79(70)63-40-57-58(73(8,9)43-72(57,6)7)41-66(63)80(67)47-28-29-49-48-23-17-18-24-51(48)74(10,11)54(49)37-47/h17-20,23-30,33-42,69H,21-22,31-32,43H2,1-16H3. The van der Waals surface area contributed by atoms with Crippen molar-refractivity contribution in [3.63, 3.8) is 0 Å². The molecule has 3 aliphatic heterocycles. The SMILES string of the molecule is Cc1cc2c3c(c1)N1c4cc5c(cc4C)C(C)(C)c4ccccc4C5(C)c4cc5c(cc4C(C)(C)C)C4(C)CCCCC4(C)C5c4ccc(c1c4)B3c1cc3c(cc1N2c1ccc2c(c1)C(C)(C)c1ccccc1-2)C(C)(C)CC3(C)C. The molecule has 0 N–H and O–H groups in total. The molecular formula is C78H81BN2. The topological polar surface area (TPSA) is 6.48 Å². The molecule has 0 saturated heterocycles. The van der Waals surface area contributed by atoms with E-state index >= 15 is 0 Å². The highest BCUT2D eigenvalue weighted by atomic mass is 15.2. The zero-order valence-corrected chi connectivity index (χ0v) is 51.3. The van der Waals surface area contributed by atoms with E-state index in [4.69, 9.17) is 0 Å². The summed E-state index contributed by atoms with van der Waals surface area (Å²) in [5.41, 5.74) is 35.9. The first-order valence-corrected chi connectivity index (χ1v) is 31.0. The van der Waals surface area contributed by atoms with Crippen molar-refractivity contribution in [1.29, 1.82) is 0 Å². The van der Waals surface area contributed by atoms with Crippen LogP contribution >= 0.6 is 0 Å². The summed E-state index contributed by atoms with van der Waals surface area (Å²) in [5.74, 6) is 0.236. The molecule has 406 valence electrons. The van der Waals surface area contributed by atoms with Gasteiger partial charge in [0.2, 0.25) is 0 Å². The van der Waals surface area contributed by atoms with E-state index < -0.39 is 5.41 Å². The highest BCUT2D eigenvalue weighted by Gasteiger charge is 2.60. The normalized spacial score (nSPS) is 25.1. The second-order valence-corrected chi connectivity index (χ2v) is 31.0. The van der Waals surface area contributed by atoms with Crippen molar-refractivity contribution in [2.75, 3.05) is 9.80 Å². The van der Waals surface area contributed by atoms with Gasteiger partial charge in [0, 0.05) is 56.3 Å². The predicted molar refractivity (Wildman–Crippen MR) is 343 cm³/mol. The minimum atomic E-state index is -0.445. The van der Waals surface area contributed by atoms with Crippen LogP contribution in [0.25, 0.3) is 11.1 Å². The fourth-order valence-electron chi connectivity index (χ4n) is 19.8. The van der Waals surface area contributed by atoms with Crippen molar-refractivity contribution >= 4 is 57.2 Å². The van der Waals surface area contributed by atoms with Crippen molar-refractivity contribution in [1.82, 2.24) is 0 Å².